The zero-order chi connectivity index (χ0) is 13.7. The molecule has 0 aliphatic carbocycles. The zero-order valence-electron chi connectivity index (χ0n) is 12.1. The van der Waals surface area contributed by atoms with E-state index in [1.165, 1.54) is 22.7 Å². The van der Waals surface area contributed by atoms with Gasteiger partial charge in [0.2, 0.25) is 0 Å². The van der Waals surface area contributed by atoms with Crippen molar-refractivity contribution in [2.24, 2.45) is 0 Å². The van der Waals surface area contributed by atoms with E-state index in [0.717, 1.165) is 0 Å². The van der Waals surface area contributed by atoms with Crippen LogP contribution in [0.15, 0.2) is 60.7 Å². The molecule has 0 N–H and O–H groups in total. The van der Waals surface area contributed by atoms with Crippen molar-refractivity contribution >= 4 is 19.7 Å². The molecule has 0 aliphatic heterocycles. The Labute approximate surface area is 117 Å². The highest BCUT2D eigenvalue weighted by Crippen LogP contribution is 2.27. The molecule has 2 rings (SSSR count). The monoisotopic (exact) mass is 266 g/mol. The van der Waals surface area contributed by atoms with Crippen molar-refractivity contribution in [3.8, 4) is 0 Å². The molecule has 0 bridgehead atoms. The standard InChI is InChI=1S/C18H22Si/c1-19(2,3)15-18(17-12-8-5-9-13-17)14-16-10-6-4-7-11-16/h4-14H,15H2,1-3H3/b18-14+. The van der Waals surface area contributed by atoms with Crippen LogP contribution in [0.4, 0.5) is 0 Å². The fraction of sp³-hybridized carbons (Fsp3) is 0.222. The van der Waals surface area contributed by atoms with Crippen molar-refractivity contribution in [3.05, 3.63) is 71.8 Å². The van der Waals surface area contributed by atoms with Gasteiger partial charge >= 0.3 is 0 Å². The minimum absolute atomic E-state index is 1.13. The van der Waals surface area contributed by atoms with Gasteiger partial charge in [0.15, 0.2) is 0 Å². The second-order valence-corrected chi connectivity index (χ2v) is 11.7. The SMILES string of the molecule is C[Si](C)(C)C/C(=C\c1ccccc1)c1ccccc1. The van der Waals surface area contributed by atoms with Crippen LogP contribution >= 0.6 is 0 Å². The second-order valence-electron chi connectivity index (χ2n) is 6.18. The van der Waals surface area contributed by atoms with Gasteiger partial charge in [-0.25, -0.2) is 0 Å². The van der Waals surface area contributed by atoms with Gasteiger partial charge in [-0.3, -0.25) is 0 Å². The fourth-order valence-corrected chi connectivity index (χ4v) is 3.66. The van der Waals surface area contributed by atoms with Gasteiger partial charge in [0.1, 0.15) is 0 Å². The average Bonchev–Trinajstić information content (AvgIpc) is 2.39. The van der Waals surface area contributed by atoms with Crippen molar-refractivity contribution < 1.29 is 0 Å². The lowest BCUT2D eigenvalue weighted by molar-refractivity contribution is 1.49. The van der Waals surface area contributed by atoms with E-state index in [1.54, 1.807) is 0 Å². The molecule has 0 spiro atoms. The predicted octanol–water partition coefficient (Wildman–Crippen LogP) is 5.57. The van der Waals surface area contributed by atoms with Gasteiger partial charge in [0.25, 0.3) is 0 Å². The maximum absolute atomic E-state index is 2.43. The Morgan fingerprint density at radius 2 is 1.37 bits per heavy atom. The lowest BCUT2D eigenvalue weighted by Crippen LogP contribution is -2.19. The molecular weight excluding hydrogens is 244 g/mol. The minimum atomic E-state index is -1.13. The Bertz CT molecular complexity index is 533. The zero-order valence-corrected chi connectivity index (χ0v) is 13.1. The summed E-state index contributed by atoms with van der Waals surface area (Å²) in [5.74, 6) is 0. The number of allylic oxidation sites excluding steroid dienone is 1. The normalized spacial score (nSPS) is 12.5. The summed E-state index contributed by atoms with van der Waals surface area (Å²) in [5, 5.41) is 0. The third kappa shape index (κ3) is 4.53. The molecule has 0 aliphatic rings. The summed E-state index contributed by atoms with van der Waals surface area (Å²) in [6.07, 6.45) is 2.34. The van der Waals surface area contributed by atoms with E-state index in [4.69, 9.17) is 0 Å². The van der Waals surface area contributed by atoms with Crippen molar-refractivity contribution in [1.29, 1.82) is 0 Å². The first-order valence-corrected chi connectivity index (χ1v) is 10.6. The van der Waals surface area contributed by atoms with Crippen molar-refractivity contribution in [3.63, 3.8) is 0 Å². The maximum Gasteiger partial charge on any atom is 0.0487 e. The van der Waals surface area contributed by atoms with Crippen LogP contribution in [0.1, 0.15) is 11.1 Å². The quantitative estimate of drug-likeness (QED) is 0.501. The molecule has 2 aromatic carbocycles. The molecule has 0 nitrogen and oxygen atoms in total. The molecule has 2 aromatic rings. The van der Waals surface area contributed by atoms with E-state index in [2.05, 4.69) is 86.4 Å². The molecule has 0 atom stereocenters. The van der Waals surface area contributed by atoms with Gasteiger partial charge in [-0.1, -0.05) is 86.4 Å². The Balaban J connectivity index is 2.38. The third-order valence-electron chi connectivity index (χ3n) is 3.01. The maximum atomic E-state index is 2.43. The summed E-state index contributed by atoms with van der Waals surface area (Å²) in [4.78, 5) is 0. The molecule has 0 radical (unpaired) electrons. The number of hydrogen-bond acceptors (Lipinski definition) is 0. The van der Waals surface area contributed by atoms with Gasteiger partial charge in [0.05, 0.1) is 0 Å². The van der Waals surface area contributed by atoms with Gasteiger partial charge < -0.3 is 0 Å². The molecule has 0 saturated carbocycles. The molecule has 1 heteroatoms. The van der Waals surface area contributed by atoms with E-state index in [9.17, 15) is 0 Å². The molecule has 0 unspecified atom stereocenters. The van der Waals surface area contributed by atoms with Crippen LogP contribution < -0.4 is 0 Å². The van der Waals surface area contributed by atoms with Gasteiger partial charge in [-0.15, -0.1) is 0 Å². The molecule has 98 valence electrons. The summed E-state index contributed by atoms with van der Waals surface area (Å²) in [7, 11) is -1.13. The highest BCUT2D eigenvalue weighted by molar-refractivity contribution is 6.77. The first-order chi connectivity index (χ1) is 9.04. The predicted molar refractivity (Wildman–Crippen MR) is 88.9 cm³/mol. The van der Waals surface area contributed by atoms with Gasteiger partial charge in [-0.05, 0) is 22.7 Å². The first kappa shape index (κ1) is 13.8. The topological polar surface area (TPSA) is 0 Å². The molecule has 0 amide bonds. The molecular formula is C18H22Si. The van der Waals surface area contributed by atoms with E-state index < -0.39 is 8.07 Å². The smallest absolute Gasteiger partial charge is 0.0487 e. The van der Waals surface area contributed by atoms with Gasteiger partial charge in [0, 0.05) is 8.07 Å². The summed E-state index contributed by atoms with van der Waals surface area (Å²) in [6, 6.07) is 22.6. The van der Waals surface area contributed by atoms with Crippen LogP contribution in [0, 0.1) is 0 Å². The van der Waals surface area contributed by atoms with E-state index in [1.807, 2.05) is 0 Å². The number of hydrogen-bond donors (Lipinski definition) is 0. The Kier molecular flexibility index (Phi) is 4.38. The lowest BCUT2D eigenvalue weighted by atomic mass is 10.0. The van der Waals surface area contributed by atoms with Crippen LogP contribution in [0.2, 0.25) is 25.7 Å². The Morgan fingerprint density at radius 1 is 0.842 bits per heavy atom. The largest absolute Gasteiger partial charge is 0.0693 e. The summed E-state index contributed by atoms with van der Waals surface area (Å²) in [6.45, 7) is 7.28. The summed E-state index contributed by atoms with van der Waals surface area (Å²) < 4.78 is 0. The van der Waals surface area contributed by atoms with Crippen molar-refractivity contribution in [2.75, 3.05) is 0 Å². The van der Waals surface area contributed by atoms with Crippen LogP contribution in [-0.2, 0) is 0 Å². The Hall–Kier alpha value is -1.60. The van der Waals surface area contributed by atoms with Crippen LogP contribution in [0.3, 0.4) is 0 Å². The third-order valence-corrected chi connectivity index (χ3v) is 4.45. The van der Waals surface area contributed by atoms with E-state index in [-0.39, 0.29) is 0 Å². The molecule has 0 heterocycles. The highest BCUT2D eigenvalue weighted by atomic mass is 28.3. The molecule has 0 fully saturated rings. The summed E-state index contributed by atoms with van der Waals surface area (Å²) >= 11 is 0. The van der Waals surface area contributed by atoms with Gasteiger partial charge in [-0.2, -0.15) is 0 Å². The van der Waals surface area contributed by atoms with Crippen LogP contribution in [0.25, 0.3) is 11.6 Å². The number of rotatable bonds is 4. The second kappa shape index (κ2) is 6.03. The van der Waals surface area contributed by atoms with E-state index >= 15 is 0 Å². The molecule has 19 heavy (non-hydrogen) atoms. The van der Waals surface area contributed by atoms with Crippen LogP contribution in [-0.4, -0.2) is 8.07 Å². The fourth-order valence-electron chi connectivity index (χ4n) is 2.21. The Morgan fingerprint density at radius 3 is 1.89 bits per heavy atom. The first-order valence-electron chi connectivity index (χ1n) is 6.86. The van der Waals surface area contributed by atoms with Crippen molar-refractivity contribution in [1.82, 2.24) is 0 Å². The van der Waals surface area contributed by atoms with E-state index in [0.29, 0.717) is 0 Å². The highest BCUT2D eigenvalue weighted by Gasteiger charge is 2.16. The molecule has 0 aromatic heterocycles. The van der Waals surface area contributed by atoms with Crippen molar-refractivity contribution in [2.45, 2.75) is 25.7 Å². The molecule has 0 saturated heterocycles. The number of benzene rings is 2. The van der Waals surface area contributed by atoms with Crippen LogP contribution in [0.5, 0.6) is 0 Å². The summed E-state index contributed by atoms with van der Waals surface area (Å²) in [5.41, 5.74) is 4.11. The average molecular weight is 266 g/mol. The lowest BCUT2D eigenvalue weighted by Gasteiger charge is -2.19. The minimum Gasteiger partial charge on any atom is -0.0693 e.